The molecular weight excluding hydrogens is 339 g/mol. The van der Waals surface area contributed by atoms with Gasteiger partial charge in [-0.15, -0.1) is 0 Å². The fraction of sp³-hybridized carbons (Fsp3) is 0.312. The third-order valence-electron chi connectivity index (χ3n) is 2.83. The minimum absolute atomic E-state index is 0. The van der Waals surface area contributed by atoms with E-state index in [1.807, 2.05) is 19.9 Å². The Labute approximate surface area is 182 Å². The van der Waals surface area contributed by atoms with Crippen LogP contribution in [-0.4, -0.2) is 69.4 Å². The first-order chi connectivity index (χ1) is 10.5. The van der Waals surface area contributed by atoms with Crippen molar-refractivity contribution in [2.24, 2.45) is 5.92 Å². The first kappa shape index (κ1) is 20.3. The summed E-state index contributed by atoms with van der Waals surface area (Å²) in [6.07, 6.45) is 0. The van der Waals surface area contributed by atoms with Crippen LogP contribution in [0.4, 0.5) is 0 Å². The van der Waals surface area contributed by atoms with Gasteiger partial charge in [0.1, 0.15) is 16.8 Å². The van der Waals surface area contributed by atoms with Crippen LogP contribution in [0.3, 0.4) is 0 Å². The number of carbonyl (C=O) groups excluding carboxylic acids is 1. The van der Waals surface area contributed by atoms with Gasteiger partial charge < -0.3 is 9.47 Å². The Balaban J connectivity index is 0.00000264. The molecular formula is C16H17KN2O3S. The molecule has 0 bridgehead atoms. The maximum atomic E-state index is 10.4. The Hall–Kier alpha value is -0.754. The second-order valence-electron chi connectivity index (χ2n) is 5.13. The van der Waals surface area contributed by atoms with Gasteiger partial charge in [-0.2, -0.15) is 5.26 Å². The van der Waals surface area contributed by atoms with Crippen molar-refractivity contribution in [3.63, 3.8) is 0 Å². The van der Waals surface area contributed by atoms with Gasteiger partial charge in [0, 0.05) is 5.56 Å². The van der Waals surface area contributed by atoms with E-state index in [9.17, 15) is 10.1 Å². The molecule has 0 N–H and O–H groups in total. The third-order valence-corrected chi connectivity index (χ3v) is 3.93. The zero-order chi connectivity index (χ0) is 16.1. The molecule has 1 heterocycles. The van der Waals surface area contributed by atoms with Crippen molar-refractivity contribution in [2.75, 3.05) is 6.61 Å². The second kappa shape index (κ2) is 9.52. The summed E-state index contributed by atoms with van der Waals surface area (Å²) in [4.78, 5) is 14.8. The summed E-state index contributed by atoms with van der Waals surface area (Å²) in [5.41, 5.74) is 1.90. The zero-order valence-corrected chi connectivity index (χ0v) is 13.4. The van der Waals surface area contributed by atoms with Crippen LogP contribution in [0, 0.1) is 24.2 Å². The van der Waals surface area contributed by atoms with E-state index in [4.69, 9.17) is 9.47 Å². The summed E-state index contributed by atoms with van der Waals surface area (Å²) in [6.45, 7) is 6.81. The van der Waals surface area contributed by atoms with Crippen LogP contribution in [0.5, 0.6) is 10.8 Å². The Morgan fingerprint density at radius 3 is 2.78 bits per heavy atom. The summed E-state index contributed by atoms with van der Waals surface area (Å²) in [5, 5.41) is 10.4. The molecule has 23 heavy (non-hydrogen) atoms. The number of benzene rings is 1. The van der Waals surface area contributed by atoms with Crippen molar-refractivity contribution < 1.29 is 14.3 Å². The summed E-state index contributed by atoms with van der Waals surface area (Å²) < 4.78 is 10.5. The van der Waals surface area contributed by atoms with Crippen molar-refractivity contribution in [2.45, 2.75) is 20.8 Å². The molecule has 0 saturated carbocycles. The van der Waals surface area contributed by atoms with Crippen LogP contribution in [0.1, 0.15) is 25.1 Å². The van der Waals surface area contributed by atoms with Crippen LogP contribution < -0.4 is 9.47 Å². The molecule has 0 atom stereocenters. The van der Waals surface area contributed by atoms with E-state index in [-0.39, 0.29) is 51.4 Å². The number of aromatic nitrogens is 1. The van der Waals surface area contributed by atoms with Crippen molar-refractivity contribution in [1.29, 1.82) is 5.26 Å². The number of aryl methyl sites for hydroxylation is 1. The number of ether oxygens (including phenoxy) is 2. The van der Waals surface area contributed by atoms with Crippen molar-refractivity contribution >= 4 is 69.2 Å². The fourth-order valence-corrected chi connectivity index (χ4v) is 2.68. The molecule has 2 aromatic rings. The van der Waals surface area contributed by atoms with E-state index in [2.05, 4.69) is 11.1 Å². The van der Waals surface area contributed by atoms with Gasteiger partial charge in [-0.3, -0.25) is 4.79 Å². The van der Waals surface area contributed by atoms with Gasteiger partial charge >= 0.3 is 51.4 Å². The molecule has 0 unspecified atom stereocenters. The minimum atomic E-state index is 0. The molecule has 0 aliphatic rings. The zero-order valence-electron chi connectivity index (χ0n) is 12.6. The molecule has 0 fully saturated rings. The van der Waals surface area contributed by atoms with E-state index < -0.39 is 0 Å². The number of nitrogens with zero attached hydrogens (tertiary/aromatic N) is 2. The van der Waals surface area contributed by atoms with Gasteiger partial charge in [0.2, 0.25) is 5.06 Å². The van der Waals surface area contributed by atoms with Crippen LogP contribution in [0.2, 0.25) is 0 Å². The molecule has 0 spiro atoms. The predicted octanol–water partition coefficient (Wildman–Crippen LogP) is 2.91. The number of nitriles is 1. The molecule has 1 aromatic carbocycles. The van der Waals surface area contributed by atoms with E-state index in [0.717, 1.165) is 5.56 Å². The van der Waals surface area contributed by atoms with Crippen molar-refractivity contribution in [3.8, 4) is 27.5 Å². The van der Waals surface area contributed by atoms with Gasteiger partial charge in [0.15, 0.2) is 0 Å². The summed E-state index contributed by atoms with van der Waals surface area (Å²) in [6, 6.07) is 7.49. The SMILES string of the molecule is Cc1nc(-c2ccc(OCC(C)C)c(C#N)c2)sc1OC=O.[KH]. The van der Waals surface area contributed by atoms with Gasteiger partial charge in [-0.1, -0.05) is 25.2 Å². The number of rotatable bonds is 6. The predicted molar refractivity (Wildman–Crippen MR) is 91.2 cm³/mol. The van der Waals surface area contributed by atoms with E-state index in [1.54, 1.807) is 19.1 Å². The molecule has 0 amide bonds. The molecule has 2 rings (SSSR count). The van der Waals surface area contributed by atoms with Gasteiger partial charge in [-0.05, 0) is 31.0 Å². The summed E-state index contributed by atoms with van der Waals surface area (Å²) in [7, 11) is 0. The third kappa shape index (κ3) is 5.38. The Bertz CT molecular complexity index is 723. The number of hydrogen-bond acceptors (Lipinski definition) is 6. The molecule has 0 aliphatic carbocycles. The van der Waals surface area contributed by atoms with Crippen LogP contribution in [-0.2, 0) is 4.79 Å². The number of thiazole rings is 1. The van der Waals surface area contributed by atoms with E-state index in [1.165, 1.54) is 11.3 Å². The number of carbonyl (C=O) groups is 1. The first-order valence-electron chi connectivity index (χ1n) is 6.80. The molecule has 1 aromatic heterocycles. The average Bonchev–Trinajstić information content (AvgIpc) is 2.86. The monoisotopic (exact) mass is 356 g/mol. The molecule has 0 aliphatic heterocycles. The molecule has 7 heteroatoms. The molecule has 116 valence electrons. The quantitative estimate of drug-likeness (QED) is 0.588. The Morgan fingerprint density at radius 2 is 2.17 bits per heavy atom. The van der Waals surface area contributed by atoms with Crippen LogP contribution in [0.15, 0.2) is 18.2 Å². The van der Waals surface area contributed by atoms with Crippen molar-refractivity contribution in [3.05, 3.63) is 29.5 Å². The number of hydrogen-bond donors (Lipinski definition) is 0. The van der Waals surface area contributed by atoms with E-state index in [0.29, 0.717) is 46.1 Å². The van der Waals surface area contributed by atoms with Crippen LogP contribution in [0.25, 0.3) is 10.6 Å². The first-order valence-corrected chi connectivity index (χ1v) is 7.61. The van der Waals surface area contributed by atoms with Gasteiger partial charge in [-0.25, -0.2) is 4.98 Å². The molecule has 0 radical (unpaired) electrons. The molecule has 5 nitrogen and oxygen atoms in total. The van der Waals surface area contributed by atoms with Gasteiger partial charge in [0.25, 0.3) is 6.47 Å². The topological polar surface area (TPSA) is 72.2 Å². The van der Waals surface area contributed by atoms with E-state index >= 15 is 0 Å². The summed E-state index contributed by atoms with van der Waals surface area (Å²) >= 11 is 1.27. The average molecular weight is 356 g/mol. The van der Waals surface area contributed by atoms with Crippen LogP contribution >= 0.6 is 11.3 Å². The Morgan fingerprint density at radius 1 is 1.43 bits per heavy atom. The van der Waals surface area contributed by atoms with Gasteiger partial charge in [0.05, 0.1) is 17.9 Å². The Kier molecular flexibility index (Phi) is 8.40. The summed E-state index contributed by atoms with van der Waals surface area (Å²) in [5.74, 6) is 0.952. The van der Waals surface area contributed by atoms with Crippen molar-refractivity contribution in [1.82, 2.24) is 4.98 Å². The fourth-order valence-electron chi connectivity index (χ4n) is 1.79. The molecule has 0 saturated heterocycles. The normalized spacial score (nSPS) is 9.87. The second-order valence-corrected chi connectivity index (χ2v) is 6.10. The maximum absolute atomic E-state index is 10.4. The standard InChI is InChI=1S/C16H16N2O3S.K.H/c1-10(2)8-20-14-5-4-12(6-13(14)7-17)15-18-11(3)16(22-15)21-9-19;;/h4-6,9-10H,8H2,1-3H3;;.